The summed E-state index contributed by atoms with van der Waals surface area (Å²) in [5.74, 6) is 1.44. The van der Waals surface area contributed by atoms with Crippen molar-refractivity contribution in [3.05, 3.63) is 47.0 Å². The molecule has 4 rings (SSSR count). The summed E-state index contributed by atoms with van der Waals surface area (Å²) in [5.41, 5.74) is 4.08. The molecule has 1 aliphatic rings. The van der Waals surface area contributed by atoms with E-state index in [0.717, 1.165) is 35.4 Å². The first-order chi connectivity index (χ1) is 17.4. The molecule has 192 valence electrons. The minimum absolute atomic E-state index is 0.135. The maximum absolute atomic E-state index is 13.5. The second kappa shape index (κ2) is 11.7. The Morgan fingerprint density at radius 1 is 1.06 bits per heavy atom. The van der Waals surface area contributed by atoms with Gasteiger partial charge in [0.1, 0.15) is 0 Å². The third-order valence-electron chi connectivity index (χ3n) is 6.34. The second-order valence-electron chi connectivity index (χ2n) is 8.64. The van der Waals surface area contributed by atoms with E-state index in [-0.39, 0.29) is 5.91 Å². The summed E-state index contributed by atoms with van der Waals surface area (Å²) >= 11 is 1.54. The monoisotopic (exact) mass is 511 g/mol. The highest BCUT2D eigenvalue weighted by molar-refractivity contribution is 7.22. The Balaban J connectivity index is 1.62. The summed E-state index contributed by atoms with van der Waals surface area (Å²) in [6.45, 7) is 8.62. The van der Waals surface area contributed by atoms with Gasteiger partial charge in [0.15, 0.2) is 16.6 Å². The van der Waals surface area contributed by atoms with Gasteiger partial charge in [0.2, 0.25) is 5.75 Å². The quantitative estimate of drug-likeness (QED) is 0.396. The molecule has 0 spiro atoms. The Bertz CT molecular complexity index is 1190. The highest BCUT2D eigenvalue weighted by atomic mass is 32.1. The minimum Gasteiger partial charge on any atom is -0.493 e. The summed E-state index contributed by atoms with van der Waals surface area (Å²) in [6.07, 6.45) is 3.33. The highest BCUT2D eigenvalue weighted by Gasteiger charge is 2.21. The number of aryl methyl sites for hydroxylation is 2. The molecule has 2 aromatic carbocycles. The van der Waals surface area contributed by atoms with Gasteiger partial charge in [-0.15, -0.1) is 0 Å². The number of carbonyl (C=O) groups excluding carboxylic acids is 1. The number of thiazole rings is 1. The van der Waals surface area contributed by atoms with Crippen LogP contribution in [0.1, 0.15) is 16.7 Å². The standard InChI is InChI=1S/C27H33N3O5S/c1-18-14-21-24(15-19(18)2)36-27(28-21)30(9-8-29-10-12-35-13-11-29)25(31)7-6-20-16-22(32-3)26(34-5)23(17-20)33-4/h6-7,14-17H,8-13H2,1-5H3/b7-6+. The zero-order chi connectivity index (χ0) is 25.7. The summed E-state index contributed by atoms with van der Waals surface area (Å²) in [7, 11) is 4.70. The van der Waals surface area contributed by atoms with Crippen LogP contribution in [0, 0.1) is 13.8 Å². The molecule has 0 aliphatic carbocycles. The normalized spacial score (nSPS) is 14.4. The zero-order valence-electron chi connectivity index (χ0n) is 21.5. The molecule has 8 nitrogen and oxygen atoms in total. The number of nitrogens with zero attached hydrogens (tertiary/aromatic N) is 3. The number of hydrogen-bond donors (Lipinski definition) is 0. The predicted octanol–water partition coefficient (Wildman–Crippen LogP) is 4.32. The SMILES string of the molecule is COc1cc(/C=C/C(=O)N(CCN2CCOCC2)c2nc3cc(C)c(C)cc3s2)cc(OC)c1OC. The van der Waals surface area contributed by atoms with E-state index in [9.17, 15) is 4.79 Å². The van der Waals surface area contributed by atoms with Gasteiger partial charge in [-0.2, -0.15) is 0 Å². The average Bonchev–Trinajstić information content (AvgIpc) is 3.29. The van der Waals surface area contributed by atoms with E-state index in [1.807, 2.05) is 12.1 Å². The van der Waals surface area contributed by atoms with Crippen LogP contribution < -0.4 is 19.1 Å². The molecule has 1 aliphatic heterocycles. The van der Waals surface area contributed by atoms with Crippen molar-refractivity contribution in [2.24, 2.45) is 0 Å². The molecule has 1 fully saturated rings. The van der Waals surface area contributed by atoms with Crippen LogP contribution in [0.3, 0.4) is 0 Å². The lowest BCUT2D eigenvalue weighted by atomic mass is 10.1. The van der Waals surface area contributed by atoms with Crippen molar-refractivity contribution >= 4 is 38.7 Å². The van der Waals surface area contributed by atoms with Crippen LogP contribution >= 0.6 is 11.3 Å². The summed E-state index contributed by atoms with van der Waals surface area (Å²) in [6, 6.07) is 7.85. The Labute approximate surface area is 216 Å². The lowest BCUT2D eigenvalue weighted by Gasteiger charge is -2.28. The van der Waals surface area contributed by atoms with E-state index >= 15 is 0 Å². The summed E-state index contributed by atoms with van der Waals surface area (Å²) in [4.78, 5) is 22.4. The van der Waals surface area contributed by atoms with E-state index in [0.29, 0.717) is 42.1 Å². The van der Waals surface area contributed by atoms with E-state index in [4.69, 9.17) is 23.9 Å². The van der Waals surface area contributed by atoms with Crippen LogP contribution in [0.15, 0.2) is 30.3 Å². The first-order valence-corrected chi connectivity index (χ1v) is 12.7. The molecule has 0 atom stereocenters. The first-order valence-electron chi connectivity index (χ1n) is 11.9. The Hall–Kier alpha value is -3.14. The van der Waals surface area contributed by atoms with Crippen molar-refractivity contribution in [1.29, 1.82) is 0 Å². The number of carbonyl (C=O) groups is 1. The Kier molecular flexibility index (Phi) is 8.45. The molecule has 0 bridgehead atoms. The molecule has 0 saturated carbocycles. The molecule has 1 amide bonds. The lowest BCUT2D eigenvalue weighted by Crippen LogP contribution is -2.42. The fourth-order valence-electron chi connectivity index (χ4n) is 4.10. The van der Waals surface area contributed by atoms with Crippen LogP contribution in [0.25, 0.3) is 16.3 Å². The lowest BCUT2D eigenvalue weighted by molar-refractivity contribution is -0.114. The zero-order valence-corrected chi connectivity index (χ0v) is 22.3. The van der Waals surface area contributed by atoms with Crippen LogP contribution in [0.2, 0.25) is 0 Å². The van der Waals surface area contributed by atoms with Crippen LogP contribution in [0.5, 0.6) is 17.2 Å². The average molecular weight is 512 g/mol. The molecular formula is C27H33N3O5S. The van der Waals surface area contributed by atoms with E-state index in [2.05, 4.69) is 30.9 Å². The molecule has 1 aromatic heterocycles. The molecule has 9 heteroatoms. The van der Waals surface area contributed by atoms with Gasteiger partial charge < -0.3 is 18.9 Å². The fourth-order valence-corrected chi connectivity index (χ4v) is 5.18. The van der Waals surface area contributed by atoms with Crippen LogP contribution in [-0.4, -0.2) is 76.5 Å². The number of methoxy groups -OCH3 is 3. The van der Waals surface area contributed by atoms with Crippen molar-refractivity contribution < 1.29 is 23.7 Å². The molecule has 0 N–H and O–H groups in total. The van der Waals surface area contributed by atoms with Gasteiger partial charge >= 0.3 is 0 Å². The number of hydrogen-bond acceptors (Lipinski definition) is 8. The molecule has 0 unspecified atom stereocenters. The number of aromatic nitrogens is 1. The maximum Gasteiger partial charge on any atom is 0.252 e. The van der Waals surface area contributed by atoms with Crippen molar-refractivity contribution in [3.8, 4) is 17.2 Å². The van der Waals surface area contributed by atoms with E-state index in [1.54, 1.807) is 49.7 Å². The molecule has 2 heterocycles. The smallest absolute Gasteiger partial charge is 0.252 e. The molecule has 1 saturated heterocycles. The molecule has 36 heavy (non-hydrogen) atoms. The number of ether oxygens (including phenoxy) is 4. The maximum atomic E-state index is 13.5. The molecular weight excluding hydrogens is 478 g/mol. The third kappa shape index (κ3) is 5.80. The van der Waals surface area contributed by atoms with Gasteiger partial charge in [0.05, 0.1) is 44.8 Å². The highest BCUT2D eigenvalue weighted by Crippen LogP contribution is 2.38. The van der Waals surface area contributed by atoms with Crippen molar-refractivity contribution in [2.45, 2.75) is 13.8 Å². The molecule has 0 radical (unpaired) electrons. The van der Waals surface area contributed by atoms with Gasteiger partial charge in [0.25, 0.3) is 5.91 Å². The number of benzene rings is 2. The van der Waals surface area contributed by atoms with Gasteiger partial charge in [-0.05, 0) is 60.9 Å². The number of rotatable bonds is 9. The summed E-state index contributed by atoms with van der Waals surface area (Å²) < 4.78 is 22.8. The van der Waals surface area contributed by atoms with E-state index < -0.39 is 0 Å². The van der Waals surface area contributed by atoms with Gasteiger partial charge in [0, 0.05) is 32.3 Å². The van der Waals surface area contributed by atoms with Crippen LogP contribution in [0.4, 0.5) is 5.13 Å². The fraction of sp³-hybridized carbons (Fsp3) is 0.407. The molecule has 3 aromatic rings. The van der Waals surface area contributed by atoms with E-state index in [1.165, 1.54) is 11.1 Å². The van der Waals surface area contributed by atoms with Crippen molar-refractivity contribution in [3.63, 3.8) is 0 Å². The number of fused-ring (bicyclic) bond motifs is 1. The number of anilines is 1. The Morgan fingerprint density at radius 3 is 2.36 bits per heavy atom. The Morgan fingerprint density at radius 2 is 1.72 bits per heavy atom. The van der Waals surface area contributed by atoms with Crippen molar-refractivity contribution in [2.75, 3.05) is 65.6 Å². The second-order valence-corrected chi connectivity index (χ2v) is 9.65. The minimum atomic E-state index is -0.135. The van der Waals surface area contributed by atoms with Gasteiger partial charge in [-0.25, -0.2) is 4.98 Å². The summed E-state index contributed by atoms with van der Waals surface area (Å²) in [5, 5.41) is 0.697. The number of morpholine rings is 1. The van der Waals surface area contributed by atoms with Gasteiger partial charge in [-0.3, -0.25) is 14.6 Å². The predicted molar refractivity (Wildman–Crippen MR) is 144 cm³/mol. The topological polar surface area (TPSA) is 73.4 Å². The number of amides is 1. The third-order valence-corrected chi connectivity index (χ3v) is 7.38. The first kappa shape index (κ1) is 25.9. The van der Waals surface area contributed by atoms with Crippen molar-refractivity contribution in [1.82, 2.24) is 9.88 Å². The van der Waals surface area contributed by atoms with Crippen LogP contribution in [-0.2, 0) is 9.53 Å². The largest absolute Gasteiger partial charge is 0.493 e. The van der Waals surface area contributed by atoms with Gasteiger partial charge in [-0.1, -0.05) is 11.3 Å².